The van der Waals surface area contributed by atoms with E-state index in [1.165, 1.54) is 10.5 Å². The molecule has 1 N–H and O–H groups in total. The Bertz CT molecular complexity index is 820. The molecule has 1 aliphatic rings. The van der Waals surface area contributed by atoms with Crippen LogP contribution in [0.4, 0.5) is 0 Å². The maximum Gasteiger partial charge on any atom is 0.260 e. The molecular formula is C23H31N2O5+. The molecule has 0 spiro atoms. The van der Waals surface area contributed by atoms with E-state index < -0.39 is 0 Å². The van der Waals surface area contributed by atoms with E-state index in [0.717, 1.165) is 44.0 Å². The summed E-state index contributed by atoms with van der Waals surface area (Å²) in [5.74, 6) is 2.67. The van der Waals surface area contributed by atoms with Gasteiger partial charge in [-0.05, 0) is 31.2 Å². The first-order valence-electron chi connectivity index (χ1n) is 10.1. The van der Waals surface area contributed by atoms with E-state index >= 15 is 0 Å². The molecule has 0 aromatic heterocycles. The standard InChI is InChI=1S/C23H30N2O5/c1-17-5-7-19(8-6-17)30-16-22(26)25-11-9-24(10-12-25)15-18-13-20(27-2)23(29-4)21(14-18)28-3/h5-8,13-14H,9-12,15-16H2,1-4H3/p+1. The third kappa shape index (κ3) is 5.36. The summed E-state index contributed by atoms with van der Waals surface area (Å²) in [6.07, 6.45) is 0. The van der Waals surface area contributed by atoms with E-state index in [0.29, 0.717) is 17.2 Å². The highest BCUT2D eigenvalue weighted by Crippen LogP contribution is 2.38. The van der Waals surface area contributed by atoms with Crippen molar-refractivity contribution in [2.75, 3.05) is 54.1 Å². The number of nitrogens with one attached hydrogen (secondary N) is 1. The largest absolute Gasteiger partial charge is 0.493 e. The lowest BCUT2D eigenvalue weighted by Crippen LogP contribution is -3.13. The van der Waals surface area contributed by atoms with Gasteiger partial charge in [0, 0.05) is 5.56 Å². The van der Waals surface area contributed by atoms with Crippen molar-refractivity contribution in [3.05, 3.63) is 47.5 Å². The van der Waals surface area contributed by atoms with Crippen molar-refractivity contribution < 1.29 is 28.6 Å². The third-order valence-electron chi connectivity index (χ3n) is 5.39. The summed E-state index contributed by atoms with van der Waals surface area (Å²) in [4.78, 5) is 15.8. The maximum atomic E-state index is 12.5. The lowest BCUT2D eigenvalue weighted by molar-refractivity contribution is -0.917. The van der Waals surface area contributed by atoms with Gasteiger partial charge in [0.05, 0.1) is 47.5 Å². The van der Waals surface area contributed by atoms with Gasteiger partial charge in [-0.25, -0.2) is 0 Å². The Morgan fingerprint density at radius 3 is 2.10 bits per heavy atom. The van der Waals surface area contributed by atoms with Crippen molar-refractivity contribution in [2.24, 2.45) is 0 Å². The second-order valence-corrected chi connectivity index (χ2v) is 7.44. The Morgan fingerprint density at radius 1 is 0.967 bits per heavy atom. The zero-order chi connectivity index (χ0) is 21.5. The molecule has 2 aromatic rings. The molecule has 30 heavy (non-hydrogen) atoms. The van der Waals surface area contributed by atoms with E-state index in [4.69, 9.17) is 18.9 Å². The Labute approximate surface area is 178 Å². The number of quaternary nitrogens is 1. The average molecular weight is 416 g/mol. The highest BCUT2D eigenvalue weighted by Gasteiger charge is 2.25. The van der Waals surface area contributed by atoms with E-state index in [-0.39, 0.29) is 12.5 Å². The van der Waals surface area contributed by atoms with Crippen LogP contribution in [0.3, 0.4) is 0 Å². The lowest BCUT2D eigenvalue weighted by Gasteiger charge is -2.32. The van der Waals surface area contributed by atoms with Gasteiger partial charge in [-0.3, -0.25) is 4.79 Å². The van der Waals surface area contributed by atoms with Gasteiger partial charge in [0.25, 0.3) is 5.91 Å². The molecule has 1 heterocycles. The molecule has 3 rings (SSSR count). The second kappa shape index (κ2) is 10.2. The Hall–Kier alpha value is -2.93. The minimum atomic E-state index is 0.0300. The fourth-order valence-corrected chi connectivity index (χ4v) is 3.65. The summed E-state index contributed by atoms with van der Waals surface area (Å²) in [5, 5.41) is 0. The molecule has 0 unspecified atom stereocenters. The Morgan fingerprint density at radius 2 is 1.57 bits per heavy atom. The molecular weight excluding hydrogens is 384 g/mol. The van der Waals surface area contributed by atoms with Crippen molar-refractivity contribution in [1.29, 1.82) is 0 Å². The number of carbonyl (C=O) groups excluding carboxylic acids is 1. The number of ether oxygens (including phenoxy) is 4. The quantitative estimate of drug-likeness (QED) is 0.705. The zero-order valence-electron chi connectivity index (χ0n) is 18.2. The van der Waals surface area contributed by atoms with Crippen molar-refractivity contribution in [2.45, 2.75) is 13.5 Å². The summed E-state index contributed by atoms with van der Waals surface area (Å²) in [5.41, 5.74) is 2.28. The molecule has 7 nitrogen and oxygen atoms in total. The number of aryl methyl sites for hydroxylation is 1. The highest BCUT2D eigenvalue weighted by molar-refractivity contribution is 5.77. The summed E-state index contributed by atoms with van der Waals surface area (Å²) >= 11 is 0. The molecule has 2 aromatic carbocycles. The highest BCUT2D eigenvalue weighted by atomic mass is 16.5. The number of benzene rings is 2. The number of nitrogens with zero attached hydrogens (tertiary/aromatic N) is 1. The summed E-state index contributed by atoms with van der Waals surface area (Å²) in [6.45, 7) is 6.13. The SMILES string of the molecule is COc1cc(C[NH+]2CCN(C(=O)COc3ccc(C)cc3)CC2)cc(OC)c1OC. The molecule has 0 radical (unpaired) electrons. The molecule has 0 saturated carbocycles. The first-order valence-corrected chi connectivity index (χ1v) is 10.1. The van der Waals surface area contributed by atoms with Crippen LogP contribution in [0.1, 0.15) is 11.1 Å². The van der Waals surface area contributed by atoms with Crippen LogP contribution in [-0.2, 0) is 11.3 Å². The van der Waals surface area contributed by atoms with Gasteiger partial charge in [-0.15, -0.1) is 0 Å². The van der Waals surface area contributed by atoms with Gasteiger partial charge in [0.2, 0.25) is 5.75 Å². The van der Waals surface area contributed by atoms with Gasteiger partial charge in [-0.2, -0.15) is 0 Å². The van der Waals surface area contributed by atoms with E-state index in [9.17, 15) is 4.79 Å². The number of carbonyl (C=O) groups is 1. The van der Waals surface area contributed by atoms with E-state index in [2.05, 4.69) is 0 Å². The lowest BCUT2D eigenvalue weighted by atomic mass is 10.1. The van der Waals surface area contributed by atoms with E-state index in [1.807, 2.05) is 48.2 Å². The molecule has 1 fully saturated rings. The average Bonchev–Trinajstić information content (AvgIpc) is 2.78. The topological polar surface area (TPSA) is 61.7 Å². The minimum Gasteiger partial charge on any atom is -0.493 e. The van der Waals surface area contributed by atoms with Gasteiger partial charge in [0.15, 0.2) is 18.1 Å². The van der Waals surface area contributed by atoms with Crippen molar-refractivity contribution in [1.82, 2.24) is 4.90 Å². The van der Waals surface area contributed by atoms with Crippen molar-refractivity contribution in [3.63, 3.8) is 0 Å². The molecule has 0 atom stereocenters. The fraction of sp³-hybridized carbons (Fsp3) is 0.435. The van der Waals surface area contributed by atoms with Gasteiger partial charge in [-0.1, -0.05) is 17.7 Å². The fourth-order valence-electron chi connectivity index (χ4n) is 3.65. The normalized spacial score (nSPS) is 14.3. The predicted octanol–water partition coefficient (Wildman–Crippen LogP) is 1.33. The van der Waals surface area contributed by atoms with Crippen LogP contribution in [-0.4, -0.2) is 64.9 Å². The molecule has 7 heteroatoms. The molecule has 1 amide bonds. The van der Waals surface area contributed by atoms with Gasteiger partial charge in [0.1, 0.15) is 12.3 Å². The van der Waals surface area contributed by atoms with Crippen LogP contribution < -0.4 is 23.8 Å². The van der Waals surface area contributed by atoms with Crippen LogP contribution in [0.2, 0.25) is 0 Å². The Kier molecular flexibility index (Phi) is 7.41. The number of piperazine rings is 1. The third-order valence-corrected chi connectivity index (χ3v) is 5.39. The van der Waals surface area contributed by atoms with Crippen LogP contribution in [0.25, 0.3) is 0 Å². The van der Waals surface area contributed by atoms with E-state index in [1.54, 1.807) is 21.3 Å². The van der Waals surface area contributed by atoms with Crippen LogP contribution in [0, 0.1) is 6.92 Å². The second-order valence-electron chi connectivity index (χ2n) is 7.44. The Balaban J connectivity index is 1.51. The maximum absolute atomic E-state index is 12.5. The number of hydrogen-bond acceptors (Lipinski definition) is 5. The van der Waals surface area contributed by atoms with Gasteiger partial charge >= 0.3 is 0 Å². The molecule has 1 aliphatic heterocycles. The summed E-state index contributed by atoms with van der Waals surface area (Å²) in [6, 6.07) is 11.7. The minimum absolute atomic E-state index is 0.0300. The van der Waals surface area contributed by atoms with Gasteiger partial charge < -0.3 is 28.7 Å². The number of methoxy groups -OCH3 is 3. The monoisotopic (exact) mass is 415 g/mol. The van der Waals surface area contributed by atoms with Crippen LogP contribution in [0.15, 0.2) is 36.4 Å². The molecule has 0 bridgehead atoms. The van der Waals surface area contributed by atoms with Crippen LogP contribution in [0.5, 0.6) is 23.0 Å². The zero-order valence-corrected chi connectivity index (χ0v) is 18.2. The van der Waals surface area contributed by atoms with Crippen molar-refractivity contribution in [3.8, 4) is 23.0 Å². The smallest absolute Gasteiger partial charge is 0.260 e. The van der Waals surface area contributed by atoms with Crippen molar-refractivity contribution >= 4 is 5.91 Å². The first-order chi connectivity index (χ1) is 14.5. The number of rotatable bonds is 8. The summed E-state index contributed by atoms with van der Waals surface area (Å²) < 4.78 is 21.9. The summed E-state index contributed by atoms with van der Waals surface area (Å²) in [7, 11) is 4.85. The predicted molar refractivity (Wildman–Crippen MR) is 114 cm³/mol. The number of amides is 1. The first kappa shape index (κ1) is 21.8. The molecule has 162 valence electrons. The van der Waals surface area contributed by atoms with Crippen LogP contribution >= 0.6 is 0 Å². The molecule has 1 saturated heterocycles. The number of hydrogen-bond donors (Lipinski definition) is 1. The molecule has 0 aliphatic carbocycles.